The van der Waals surface area contributed by atoms with Gasteiger partial charge in [0.05, 0.1) is 0 Å². The van der Waals surface area contributed by atoms with Gasteiger partial charge in [-0.1, -0.05) is 12.1 Å². The maximum absolute atomic E-state index is 13.0. The van der Waals surface area contributed by atoms with Gasteiger partial charge in [-0.25, -0.2) is 4.39 Å². The fourth-order valence-corrected chi connectivity index (χ4v) is 1.08. The van der Waals surface area contributed by atoms with Gasteiger partial charge in [0, 0.05) is 18.7 Å². The van der Waals surface area contributed by atoms with Gasteiger partial charge < -0.3 is 11.1 Å². The van der Waals surface area contributed by atoms with E-state index in [1.165, 1.54) is 6.07 Å². The molecule has 3 heteroatoms. The molecule has 0 spiro atoms. The van der Waals surface area contributed by atoms with Crippen molar-refractivity contribution in [2.75, 3.05) is 7.05 Å². The van der Waals surface area contributed by atoms with Gasteiger partial charge in [-0.3, -0.25) is 0 Å². The van der Waals surface area contributed by atoms with Crippen molar-refractivity contribution in [1.29, 1.82) is 0 Å². The summed E-state index contributed by atoms with van der Waals surface area (Å²) in [6, 6.07) is 4.94. The molecule has 12 heavy (non-hydrogen) atoms. The summed E-state index contributed by atoms with van der Waals surface area (Å²) in [7, 11) is 1.79. The first-order valence-electron chi connectivity index (χ1n) is 3.90. The molecular formula is C9H13FN2. The summed E-state index contributed by atoms with van der Waals surface area (Å²) >= 11 is 0. The van der Waals surface area contributed by atoms with Crippen molar-refractivity contribution in [3.8, 4) is 0 Å². The Hall–Kier alpha value is -0.930. The Morgan fingerprint density at radius 3 is 2.83 bits per heavy atom. The van der Waals surface area contributed by atoms with Crippen molar-refractivity contribution in [2.45, 2.75) is 13.1 Å². The fraction of sp³-hybridized carbons (Fsp3) is 0.333. The molecule has 0 amide bonds. The van der Waals surface area contributed by atoms with Crippen LogP contribution in [-0.4, -0.2) is 7.05 Å². The summed E-state index contributed by atoms with van der Waals surface area (Å²) in [6.07, 6.45) is 0. The van der Waals surface area contributed by atoms with E-state index in [1.54, 1.807) is 19.2 Å². The quantitative estimate of drug-likeness (QED) is 0.706. The average Bonchev–Trinajstić information content (AvgIpc) is 2.09. The molecule has 0 atom stereocenters. The lowest BCUT2D eigenvalue weighted by molar-refractivity contribution is 0.600. The van der Waals surface area contributed by atoms with Gasteiger partial charge in [0.25, 0.3) is 0 Å². The predicted molar refractivity (Wildman–Crippen MR) is 47.1 cm³/mol. The molecule has 0 aliphatic rings. The molecule has 66 valence electrons. The Balaban J connectivity index is 2.91. The first kappa shape index (κ1) is 9.16. The third kappa shape index (κ3) is 2.03. The standard InChI is InChI=1S/C9H13FN2/c1-12-6-8-4-7(5-11)2-3-9(8)10/h2-4,12H,5-6,11H2,1H3. The highest BCUT2D eigenvalue weighted by Crippen LogP contribution is 2.09. The second kappa shape index (κ2) is 4.18. The molecule has 1 rings (SSSR count). The van der Waals surface area contributed by atoms with Crippen molar-refractivity contribution in [1.82, 2.24) is 5.32 Å². The van der Waals surface area contributed by atoms with Crippen LogP contribution >= 0.6 is 0 Å². The highest BCUT2D eigenvalue weighted by molar-refractivity contribution is 5.24. The maximum Gasteiger partial charge on any atom is 0.127 e. The van der Waals surface area contributed by atoms with Crippen LogP contribution in [0.2, 0.25) is 0 Å². The molecule has 0 aliphatic heterocycles. The van der Waals surface area contributed by atoms with E-state index in [9.17, 15) is 4.39 Å². The second-order valence-corrected chi connectivity index (χ2v) is 2.66. The van der Waals surface area contributed by atoms with Crippen LogP contribution in [0.15, 0.2) is 18.2 Å². The third-order valence-corrected chi connectivity index (χ3v) is 1.71. The number of benzene rings is 1. The zero-order chi connectivity index (χ0) is 8.97. The molecule has 0 radical (unpaired) electrons. The van der Waals surface area contributed by atoms with Crippen LogP contribution < -0.4 is 11.1 Å². The van der Waals surface area contributed by atoms with Crippen LogP contribution in [0.4, 0.5) is 4.39 Å². The van der Waals surface area contributed by atoms with Crippen LogP contribution in [0.1, 0.15) is 11.1 Å². The molecule has 0 saturated carbocycles. The Kier molecular flexibility index (Phi) is 3.19. The van der Waals surface area contributed by atoms with Crippen molar-refractivity contribution in [3.05, 3.63) is 35.1 Å². The van der Waals surface area contributed by atoms with Crippen molar-refractivity contribution < 1.29 is 4.39 Å². The van der Waals surface area contributed by atoms with E-state index in [0.29, 0.717) is 18.7 Å². The second-order valence-electron chi connectivity index (χ2n) is 2.66. The van der Waals surface area contributed by atoms with E-state index in [4.69, 9.17) is 5.73 Å². The van der Waals surface area contributed by atoms with Crippen LogP contribution in [0, 0.1) is 5.82 Å². The lowest BCUT2D eigenvalue weighted by atomic mass is 10.1. The first-order valence-corrected chi connectivity index (χ1v) is 3.90. The number of rotatable bonds is 3. The van der Waals surface area contributed by atoms with Crippen LogP contribution in [0.25, 0.3) is 0 Å². The van der Waals surface area contributed by atoms with Gasteiger partial charge in [0.1, 0.15) is 5.82 Å². The number of hydrogen-bond donors (Lipinski definition) is 2. The SMILES string of the molecule is CNCc1cc(CN)ccc1F. The maximum atomic E-state index is 13.0. The van der Waals surface area contributed by atoms with Crippen molar-refractivity contribution in [3.63, 3.8) is 0 Å². The van der Waals surface area contributed by atoms with E-state index in [1.807, 2.05) is 0 Å². The van der Waals surface area contributed by atoms with E-state index < -0.39 is 0 Å². The molecule has 0 saturated heterocycles. The Labute approximate surface area is 71.6 Å². The minimum Gasteiger partial charge on any atom is -0.326 e. The Morgan fingerprint density at radius 2 is 2.25 bits per heavy atom. The summed E-state index contributed by atoms with van der Waals surface area (Å²) in [5.41, 5.74) is 7.05. The lowest BCUT2D eigenvalue weighted by Gasteiger charge is -2.04. The normalized spacial score (nSPS) is 10.2. The van der Waals surface area contributed by atoms with Gasteiger partial charge in [0.15, 0.2) is 0 Å². The average molecular weight is 168 g/mol. The fourth-order valence-electron chi connectivity index (χ4n) is 1.08. The molecular weight excluding hydrogens is 155 g/mol. The highest BCUT2D eigenvalue weighted by atomic mass is 19.1. The first-order chi connectivity index (χ1) is 5.77. The van der Waals surface area contributed by atoms with Gasteiger partial charge in [-0.2, -0.15) is 0 Å². The smallest absolute Gasteiger partial charge is 0.127 e. The summed E-state index contributed by atoms with van der Waals surface area (Å²) in [5, 5.41) is 2.90. The minimum atomic E-state index is -0.179. The molecule has 1 aromatic carbocycles. The number of halogens is 1. The van der Waals surface area contributed by atoms with E-state index in [0.717, 1.165) is 5.56 Å². The third-order valence-electron chi connectivity index (χ3n) is 1.71. The topological polar surface area (TPSA) is 38.0 Å². The van der Waals surface area contributed by atoms with Crippen molar-refractivity contribution >= 4 is 0 Å². The van der Waals surface area contributed by atoms with E-state index >= 15 is 0 Å². The lowest BCUT2D eigenvalue weighted by Crippen LogP contribution is -2.08. The van der Waals surface area contributed by atoms with Gasteiger partial charge in [0.2, 0.25) is 0 Å². The predicted octanol–water partition coefficient (Wildman–Crippen LogP) is 1.00. The molecule has 0 aliphatic carbocycles. The summed E-state index contributed by atoms with van der Waals surface area (Å²) < 4.78 is 13.0. The zero-order valence-corrected chi connectivity index (χ0v) is 7.10. The zero-order valence-electron chi connectivity index (χ0n) is 7.10. The number of hydrogen-bond acceptors (Lipinski definition) is 2. The summed E-state index contributed by atoms with van der Waals surface area (Å²) in [6.45, 7) is 0.997. The van der Waals surface area contributed by atoms with Crippen LogP contribution in [0.5, 0.6) is 0 Å². The molecule has 0 heterocycles. The molecule has 0 bridgehead atoms. The van der Waals surface area contributed by atoms with Crippen LogP contribution in [0.3, 0.4) is 0 Å². The van der Waals surface area contributed by atoms with E-state index in [2.05, 4.69) is 5.32 Å². The molecule has 3 N–H and O–H groups in total. The molecule has 2 nitrogen and oxygen atoms in total. The van der Waals surface area contributed by atoms with E-state index in [-0.39, 0.29) is 5.82 Å². The Morgan fingerprint density at radius 1 is 1.50 bits per heavy atom. The van der Waals surface area contributed by atoms with Gasteiger partial charge >= 0.3 is 0 Å². The van der Waals surface area contributed by atoms with Crippen LogP contribution in [-0.2, 0) is 13.1 Å². The molecule has 0 unspecified atom stereocenters. The number of nitrogens with one attached hydrogen (secondary N) is 1. The monoisotopic (exact) mass is 168 g/mol. The van der Waals surface area contributed by atoms with Crippen molar-refractivity contribution in [2.24, 2.45) is 5.73 Å². The summed E-state index contributed by atoms with van der Waals surface area (Å²) in [4.78, 5) is 0. The summed E-state index contributed by atoms with van der Waals surface area (Å²) in [5.74, 6) is -0.179. The van der Waals surface area contributed by atoms with Gasteiger partial charge in [-0.05, 0) is 18.7 Å². The largest absolute Gasteiger partial charge is 0.326 e. The Bertz CT molecular complexity index is 261. The molecule has 0 aromatic heterocycles. The number of nitrogens with two attached hydrogens (primary N) is 1. The highest BCUT2D eigenvalue weighted by Gasteiger charge is 2.00. The molecule has 0 fully saturated rings. The minimum absolute atomic E-state index is 0.179. The van der Waals surface area contributed by atoms with Gasteiger partial charge in [-0.15, -0.1) is 0 Å². The molecule has 1 aromatic rings.